The third-order valence-electron chi connectivity index (χ3n) is 4.47. The lowest BCUT2D eigenvalue weighted by Crippen LogP contribution is -2.49. The normalized spacial score (nSPS) is 17.9. The molecule has 1 atom stereocenters. The highest BCUT2D eigenvalue weighted by atomic mass is 79.9. The van der Waals surface area contributed by atoms with Crippen LogP contribution >= 0.6 is 15.9 Å². The topological polar surface area (TPSA) is 59.6 Å². The molecule has 0 spiro atoms. The van der Waals surface area contributed by atoms with E-state index in [0.717, 1.165) is 59.2 Å². The number of carboxylic acid groups (broad SMARTS) is 1. The van der Waals surface area contributed by atoms with E-state index in [0.29, 0.717) is 0 Å². The molecular formula is C18H22BrN3O2. The number of fused-ring (bicyclic) bond motifs is 1. The molecule has 0 aliphatic carbocycles. The Morgan fingerprint density at radius 3 is 2.71 bits per heavy atom. The van der Waals surface area contributed by atoms with E-state index >= 15 is 0 Å². The number of halogens is 1. The molecule has 5 nitrogen and oxygen atoms in total. The molecule has 2 N–H and O–H groups in total. The molecule has 128 valence electrons. The molecule has 2 heterocycles. The van der Waals surface area contributed by atoms with Crippen LogP contribution in [0.15, 0.2) is 41.0 Å². The quantitative estimate of drug-likeness (QED) is 0.767. The zero-order valence-corrected chi connectivity index (χ0v) is 15.3. The van der Waals surface area contributed by atoms with E-state index in [1.807, 2.05) is 31.3 Å². The first-order valence-corrected chi connectivity index (χ1v) is 8.85. The fourth-order valence-electron chi connectivity index (χ4n) is 3.39. The average molecular weight is 392 g/mol. The summed E-state index contributed by atoms with van der Waals surface area (Å²) in [6.45, 7) is 10.1. The molecule has 1 aliphatic rings. The van der Waals surface area contributed by atoms with Crippen LogP contribution in [0.5, 0.6) is 0 Å². The molecule has 1 fully saturated rings. The number of benzene rings is 1. The minimum atomic E-state index is -0.799. The lowest BCUT2D eigenvalue weighted by Gasteiger charge is -2.37. The Morgan fingerprint density at radius 1 is 1.38 bits per heavy atom. The van der Waals surface area contributed by atoms with Crippen molar-refractivity contribution in [3.8, 4) is 0 Å². The van der Waals surface area contributed by atoms with E-state index in [1.165, 1.54) is 0 Å². The predicted octanol–water partition coefficient (Wildman–Crippen LogP) is 3.25. The number of rotatable bonds is 5. The van der Waals surface area contributed by atoms with Gasteiger partial charge >= 0.3 is 5.97 Å². The molecule has 0 saturated carbocycles. The Balaban J connectivity index is 1.83. The van der Waals surface area contributed by atoms with Gasteiger partial charge in [-0.1, -0.05) is 34.1 Å². The first kappa shape index (κ1) is 17.2. The maximum Gasteiger partial charge on any atom is 0.325 e. The van der Waals surface area contributed by atoms with Crippen molar-refractivity contribution < 1.29 is 9.90 Å². The van der Waals surface area contributed by atoms with Crippen LogP contribution in [0.2, 0.25) is 0 Å². The van der Waals surface area contributed by atoms with Gasteiger partial charge in [-0.3, -0.25) is 14.6 Å². The van der Waals surface area contributed by atoms with Crippen LogP contribution in [0, 0.1) is 0 Å². The Labute approximate surface area is 150 Å². The third-order valence-corrected chi connectivity index (χ3v) is 4.96. The summed E-state index contributed by atoms with van der Waals surface area (Å²) in [6, 6.07) is 5.27. The van der Waals surface area contributed by atoms with Crippen LogP contribution in [0.4, 0.5) is 0 Å². The van der Waals surface area contributed by atoms with E-state index in [4.69, 9.17) is 0 Å². The Bertz CT molecular complexity index is 763. The van der Waals surface area contributed by atoms with Crippen molar-refractivity contribution in [1.82, 2.24) is 14.8 Å². The fourth-order valence-corrected chi connectivity index (χ4v) is 3.76. The van der Waals surface area contributed by atoms with E-state index < -0.39 is 12.0 Å². The second-order valence-corrected chi connectivity index (χ2v) is 7.36. The second kappa shape index (κ2) is 7.09. The van der Waals surface area contributed by atoms with Crippen LogP contribution < -0.4 is 0 Å². The van der Waals surface area contributed by atoms with Crippen LogP contribution in [0.3, 0.4) is 0 Å². The molecule has 2 aromatic rings. The van der Waals surface area contributed by atoms with Crippen molar-refractivity contribution in [3.63, 3.8) is 0 Å². The van der Waals surface area contributed by atoms with Crippen molar-refractivity contribution in [2.45, 2.75) is 13.0 Å². The van der Waals surface area contributed by atoms with Crippen molar-refractivity contribution >= 4 is 32.8 Å². The number of piperazine rings is 1. The number of aliphatic carboxylic acids is 1. The van der Waals surface area contributed by atoms with Crippen LogP contribution in [0.25, 0.3) is 10.9 Å². The van der Waals surface area contributed by atoms with Gasteiger partial charge in [0.05, 0.1) is 0 Å². The first-order chi connectivity index (χ1) is 11.5. The molecule has 1 aromatic heterocycles. The van der Waals surface area contributed by atoms with Crippen LogP contribution in [0.1, 0.15) is 18.5 Å². The number of hydrogen-bond acceptors (Lipinski definition) is 3. The summed E-state index contributed by atoms with van der Waals surface area (Å²) in [5, 5.41) is 10.8. The van der Waals surface area contributed by atoms with E-state index in [1.54, 1.807) is 0 Å². The van der Waals surface area contributed by atoms with Crippen LogP contribution in [-0.4, -0.2) is 58.6 Å². The van der Waals surface area contributed by atoms with Gasteiger partial charge < -0.3 is 10.1 Å². The summed E-state index contributed by atoms with van der Waals surface area (Å²) in [5.74, 6) is -0.799. The zero-order chi connectivity index (χ0) is 17.3. The Morgan fingerprint density at radius 2 is 2.08 bits per heavy atom. The smallest absolute Gasteiger partial charge is 0.325 e. The number of nitrogens with one attached hydrogen (secondary N) is 1. The minimum absolute atomic E-state index is 0.619. The molecule has 6 heteroatoms. The summed E-state index contributed by atoms with van der Waals surface area (Å²) in [5.41, 5.74) is 2.92. The van der Waals surface area contributed by atoms with Crippen LogP contribution in [-0.2, 0) is 4.79 Å². The summed E-state index contributed by atoms with van der Waals surface area (Å²) in [6.07, 6.45) is 1.83. The highest BCUT2D eigenvalue weighted by Crippen LogP contribution is 2.31. The highest BCUT2D eigenvalue weighted by molar-refractivity contribution is 9.10. The highest BCUT2D eigenvalue weighted by Gasteiger charge is 2.32. The Kier molecular flexibility index (Phi) is 5.08. The maximum atomic E-state index is 12.0. The van der Waals surface area contributed by atoms with Crippen molar-refractivity contribution in [2.75, 3.05) is 32.7 Å². The number of carbonyl (C=O) groups is 1. The first-order valence-electron chi connectivity index (χ1n) is 8.06. The molecule has 1 aromatic carbocycles. The van der Waals surface area contributed by atoms with Crippen molar-refractivity contribution in [2.24, 2.45) is 0 Å². The molecule has 1 saturated heterocycles. The molecule has 1 aliphatic heterocycles. The second-order valence-electron chi connectivity index (χ2n) is 6.44. The maximum absolute atomic E-state index is 12.0. The molecular weight excluding hydrogens is 370 g/mol. The summed E-state index contributed by atoms with van der Waals surface area (Å²) in [4.78, 5) is 19.6. The number of aromatic nitrogens is 1. The standard InChI is InChI=1S/C18H22BrN3O2/c1-12(2)11-21-5-7-22(8-6-21)17(18(23)24)15-10-20-16-9-13(19)3-4-14(15)16/h3-4,9-10,17,20H,1,5-8,11H2,2H3,(H,23,24)/t17-/m0/s1. The minimum Gasteiger partial charge on any atom is -0.480 e. The van der Waals surface area contributed by atoms with E-state index in [9.17, 15) is 9.90 Å². The zero-order valence-electron chi connectivity index (χ0n) is 13.8. The predicted molar refractivity (Wildman–Crippen MR) is 99.2 cm³/mol. The molecule has 0 unspecified atom stereocenters. The lowest BCUT2D eigenvalue weighted by atomic mass is 10.0. The van der Waals surface area contributed by atoms with Gasteiger partial charge in [-0.05, 0) is 19.1 Å². The van der Waals surface area contributed by atoms with E-state index in [2.05, 4.69) is 37.3 Å². The number of carboxylic acids is 1. The van der Waals surface area contributed by atoms with Gasteiger partial charge in [0.1, 0.15) is 6.04 Å². The number of hydrogen-bond donors (Lipinski definition) is 2. The summed E-state index contributed by atoms with van der Waals surface area (Å²) >= 11 is 3.45. The van der Waals surface area contributed by atoms with Gasteiger partial charge in [-0.25, -0.2) is 0 Å². The van der Waals surface area contributed by atoms with Crippen molar-refractivity contribution in [3.05, 3.63) is 46.6 Å². The largest absolute Gasteiger partial charge is 0.480 e. The van der Waals surface area contributed by atoms with Gasteiger partial charge in [-0.2, -0.15) is 0 Å². The van der Waals surface area contributed by atoms with E-state index in [-0.39, 0.29) is 0 Å². The Hall–Kier alpha value is -1.63. The summed E-state index contributed by atoms with van der Waals surface area (Å²) in [7, 11) is 0. The van der Waals surface area contributed by atoms with Gasteiger partial charge in [0.25, 0.3) is 0 Å². The van der Waals surface area contributed by atoms with Gasteiger partial charge in [-0.15, -0.1) is 0 Å². The third kappa shape index (κ3) is 3.55. The number of nitrogens with zero attached hydrogens (tertiary/aromatic N) is 2. The molecule has 24 heavy (non-hydrogen) atoms. The average Bonchev–Trinajstić information content (AvgIpc) is 2.91. The fraction of sp³-hybridized carbons (Fsp3) is 0.389. The number of H-pyrrole nitrogens is 1. The van der Waals surface area contributed by atoms with Gasteiger partial charge in [0.15, 0.2) is 0 Å². The summed E-state index contributed by atoms with van der Waals surface area (Å²) < 4.78 is 0.976. The SMILES string of the molecule is C=C(C)CN1CCN([C@H](C(=O)O)c2c[nH]c3cc(Br)ccc23)CC1. The van der Waals surface area contributed by atoms with Gasteiger partial charge in [0, 0.05) is 59.9 Å². The number of aromatic amines is 1. The molecule has 3 rings (SSSR count). The molecule has 0 radical (unpaired) electrons. The monoisotopic (exact) mass is 391 g/mol. The van der Waals surface area contributed by atoms with Gasteiger partial charge in [0.2, 0.25) is 0 Å². The molecule has 0 amide bonds. The molecule has 0 bridgehead atoms. The lowest BCUT2D eigenvalue weighted by molar-refractivity contribution is -0.144. The van der Waals surface area contributed by atoms with Crippen molar-refractivity contribution in [1.29, 1.82) is 0 Å².